The Labute approximate surface area is 166 Å². The lowest BCUT2D eigenvalue weighted by molar-refractivity contribution is -0.129. The van der Waals surface area contributed by atoms with E-state index in [0.29, 0.717) is 13.0 Å². The van der Waals surface area contributed by atoms with E-state index in [1.165, 1.54) is 5.56 Å². The maximum Gasteiger partial charge on any atom is 0.242 e. The Morgan fingerprint density at radius 1 is 0.964 bits per heavy atom. The Hall–Kier alpha value is -2.86. The molecule has 0 aromatic heterocycles. The van der Waals surface area contributed by atoms with Crippen LogP contribution < -0.4 is 16.4 Å². The van der Waals surface area contributed by atoms with E-state index in [0.717, 1.165) is 24.8 Å². The van der Waals surface area contributed by atoms with Crippen molar-refractivity contribution < 1.29 is 14.7 Å². The fourth-order valence-corrected chi connectivity index (χ4v) is 2.83. The molecule has 2 unspecified atom stereocenters. The zero-order chi connectivity index (χ0) is 20.4. The van der Waals surface area contributed by atoms with Gasteiger partial charge in [-0.1, -0.05) is 42.5 Å². The van der Waals surface area contributed by atoms with Gasteiger partial charge in [-0.05, 0) is 55.9 Å². The summed E-state index contributed by atoms with van der Waals surface area (Å²) in [6, 6.07) is 15.4. The monoisotopic (exact) mass is 383 g/mol. The molecule has 0 aliphatic heterocycles. The van der Waals surface area contributed by atoms with Gasteiger partial charge >= 0.3 is 0 Å². The first-order chi connectivity index (χ1) is 13.5. The number of nitrogens with two attached hydrogens (primary N) is 1. The van der Waals surface area contributed by atoms with Crippen LogP contribution >= 0.6 is 0 Å². The van der Waals surface area contributed by atoms with Crippen LogP contribution in [0, 0.1) is 0 Å². The summed E-state index contributed by atoms with van der Waals surface area (Å²) < 4.78 is 0. The Morgan fingerprint density at radius 2 is 1.64 bits per heavy atom. The zero-order valence-electron chi connectivity index (χ0n) is 16.2. The highest BCUT2D eigenvalue weighted by Crippen LogP contribution is 2.11. The van der Waals surface area contributed by atoms with Gasteiger partial charge in [-0.3, -0.25) is 9.59 Å². The van der Waals surface area contributed by atoms with Crippen molar-refractivity contribution in [2.24, 2.45) is 5.73 Å². The van der Waals surface area contributed by atoms with Crippen molar-refractivity contribution in [3.05, 3.63) is 65.7 Å². The number of hydrogen-bond acceptors (Lipinski definition) is 4. The first kappa shape index (κ1) is 21.4. The van der Waals surface area contributed by atoms with Gasteiger partial charge < -0.3 is 21.5 Å². The predicted molar refractivity (Wildman–Crippen MR) is 110 cm³/mol. The fraction of sp³-hybridized carbons (Fsp3) is 0.364. The summed E-state index contributed by atoms with van der Waals surface area (Å²) in [4.78, 5) is 24.3. The molecular formula is C22H29N3O3. The molecule has 0 aliphatic carbocycles. The van der Waals surface area contributed by atoms with Crippen molar-refractivity contribution in [3.8, 4) is 5.75 Å². The molecule has 2 aromatic carbocycles. The van der Waals surface area contributed by atoms with Gasteiger partial charge in [0.15, 0.2) is 0 Å². The van der Waals surface area contributed by atoms with Crippen LogP contribution in [-0.2, 0) is 22.4 Å². The van der Waals surface area contributed by atoms with E-state index in [2.05, 4.69) is 22.8 Å². The molecule has 0 aliphatic rings. The predicted octanol–water partition coefficient (Wildman–Crippen LogP) is 1.91. The number of phenols is 1. The van der Waals surface area contributed by atoms with Crippen molar-refractivity contribution in [1.29, 1.82) is 0 Å². The second-order valence-corrected chi connectivity index (χ2v) is 6.94. The van der Waals surface area contributed by atoms with E-state index < -0.39 is 12.1 Å². The molecule has 2 amide bonds. The summed E-state index contributed by atoms with van der Waals surface area (Å²) >= 11 is 0. The summed E-state index contributed by atoms with van der Waals surface area (Å²) in [5.41, 5.74) is 8.06. The van der Waals surface area contributed by atoms with Crippen molar-refractivity contribution in [1.82, 2.24) is 10.6 Å². The average molecular weight is 383 g/mol. The highest BCUT2D eigenvalue weighted by molar-refractivity contribution is 5.89. The molecule has 0 spiro atoms. The molecule has 2 rings (SSSR count). The van der Waals surface area contributed by atoms with Gasteiger partial charge in [0.1, 0.15) is 11.8 Å². The number of phenolic OH excluding ortho intramolecular Hbond substituents is 1. The number of hydrogen-bond donors (Lipinski definition) is 4. The smallest absolute Gasteiger partial charge is 0.242 e. The Balaban J connectivity index is 1.64. The van der Waals surface area contributed by atoms with Crippen LogP contribution in [0.3, 0.4) is 0 Å². The summed E-state index contributed by atoms with van der Waals surface area (Å²) in [5.74, 6) is -0.430. The minimum atomic E-state index is -0.759. The van der Waals surface area contributed by atoms with Crippen LogP contribution in [0.1, 0.15) is 30.9 Å². The summed E-state index contributed by atoms with van der Waals surface area (Å²) in [6.07, 6.45) is 3.18. The van der Waals surface area contributed by atoms with Gasteiger partial charge in [0, 0.05) is 6.54 Å². The van der Waals surface area contributed by atoms with Crippen molar-refractivity contribution in [2.75, 3.05) is 6.54 Å². The van der Waals surface area contributed by atoms with Crippen molar-refractivity contribution >= 4 is 11.8 Å². The molecule has 5 N–H and O–H groups in total. The van der Waals surface area contributed by atoms with E-state index in [1.54, 1.807) is 31.2 Å². The minimum Gasteiger partial charge on any atom is -0.508 e. The van der Waals surface area contributed by atoms with Crippen molar-refractivity contribution in [2.45, 2.75) is 44.7 Å². The second kappa shape index (κ2) is 11.1. The van der Waals surface area contributed by atoms with Crippen LogP contribution in [0.5, 0.6) is 5.75 Å². The standard InChI is InChI=1S/C22H29N3O3/c1-16(21(27)24-14-6-5-9-17-7-3-2-4-8-17)25-22(28)20(23)15-18-10-12-19(26)13-11-18/h2-4,7-8,10-13,16,20,26H,5-6,9,14-15,23H2,1H3,(H,24,27)(H,25,28). The number of aromatic hydroxyl groups is 1. The van der Waals surface area contributed by atoms with Gasteiger partial charge in [-0.15, -0.1) is 0 Å². The minimum absolute atomic E-state index is 0.163. The second-order valence-electron chi connectivity index (χ2n) is 6.94. The number of benzene rings is 2. The van der Waals surface area contributed by atoms with Gasteiger partial charge in [-0.2, -0.15) is 0 Å². The van der Waals surface area contributed by atoms with Gasteiger partial charge in [0.25, 0.3) is 0 Å². The normalized spacial score (nSPS) is 12.8. The maximum atomic E-state index is 12.2. The third-order valence-corrected chi connectivity index (χ3v) is 4.52. The molecule has 0 fully saturated rings. The number of amides is 2. The van der Waals surface area contributed by atoms with Crippen LogP contribution in [-0.4, -0.2) is 35.5 Å². The molecule has 0 heterocycles. The third-order valence-electron chi connectivity index (χ3n) is 4.52. The van der Waals surface area contributed by atoms with Crippen LogP contribution in [0.25, 0.3) is 0 Å². The van der Waals surface area contributed by atoms with Gasteiger partial charge in [0.05, 0.1) is 6.04 Å². The summed E-state index contributed by atoms with van der Waals surface area (Å²) in [6.45, 7) is 2.22. The number of unbranched alkanes of at least 4 members (excludes halogenated alkanes) is 1. The summed E-state index contributed by atoms with van der Waals surface area (Å²) in [7, 11) is 0. The highest BCUT2D eigenvalue weighted by atomic mass is 16.3. The number of rotatable bonds is 10. The van der Waals surface area contributed by atoms with Crippen LogP contribution in [0.15, 0.2) is 54.6 Å². The first-order valence-electron chi connectivity index (χ1n) is 9.61. The largest absolute Gasteiger partial charge is 0.508 e. The Kier molecular flexibility index (Phi) is 8.49. The fourth-order valence-electron chi connectivity index (χ4n) is 2.83. The van der Waals surface area contributed by atoms with Crippen molar-refractivity contribution in [3.63, 3.8) is 0 Å². The molecule has 2 atom stereocenters. The molecular weight excluding hydrogens is 354 g/mol. The molecule has 150 valence electrons. The molecule has 2 aromatic rings. The van der Waals surface area contributed by atoms with Crippen LogP contribution in [0.4, 0.5) is 0 Å². The van der Waals surface area contributed by atoms with Gasteiger partial charge in [-0.25, -0.2) is 0 Å². The third kappa shape index (κ3) is 7.40. The molecule has 0 saturated heterocycles. The average Bonchev–Trinajstić information content (AvgIpc) is 2.70. The molecule has 0 radical (unpaired) electrons. The number of aryl methyl sites for hydroxylation is 1. The van der Waals surface area contributed by atoms with E-state index in [4.69, 9.17) is 5.73 Å². The lowest BCUT2D eigenvalue weighted by atomic mass is 10.1. The highest BCUT2D eigenvalue weighted by Gasteiger charge is 2.20. The molecule has 0 saturated carbocycles. The quantitative estimate of drug-likeness (QED) is 0.470. The maximum absolute atomic E-state index is 12.2. The first-order valence-corrected chi connectivity index (χ1v) is 9.61. The lowest BCUT2D eigenvalue weighted by Gasteiger charge is -2.17. The zero-order valence-corrected chi connectivity index (χ0v) is 16.2. The number of carbonyl (C=O) groups excluding carboxylic acids is 2. The summed E-state index contributed by atoms with van der Waals surface area (Å²) in [5, 5.41) is 14.8. The number of carbonyl (C=O) groups is 2. The number of nitrogens with one attached hydrogen (secondary N) is 2. The molecule has 28 heavy (non-hydrogen) atoms. The molecule has 0 bridgehead atoms. The Bertz CT molecular complexity index is 747. The van der Waals surface area contributed by atoms with Crippen LogP contribution in [0.2, 0.25) is 0 Å². The SMILES string of the molecule is CC(NC(=O)C(N)Cc1ccc(O)cc1)C(=O)NCCCCc1ccccc1. The van der Waals surface area contributed by atoms with Gasteiger partial charge in [0.2, 0.25) is 11.8 Å². The van der Waals surface area contributed by atoms with E-state index in [9.17, 15) is 14.7 Å². The lowest BCUT2D eigenvalue weighted by Crippen LogP contribution is -2.50. The Morgan fingerprint density at radius 3 is 2.32 bits per heavy atom. The van der Waals surface area contributed by atoms with E-state index >= 15 is 0 Å². The molecule has 6 nitrogen and oxygen atoms in total. The van der Waals surface area contributed by atoms with E-state index in [-0.39, 0.29) is 17.6 Å². The van der Waals surface area contributed by atoms with E-state index in [1.807, 2.05) is 18.2 Å². The molecule has 6 heteroatoms. The topological polar surface area (TPSA) is 104 Å².